The van der Waals surface area contributed by atoms with Gasteiger partial charge in [0.2, 0.25) is 0 Å². The number of carbonyl (C=O) groups excluding carboxylic acids is 2. The van der Waals surface area contributed by atoms with Gasteiger partial charge in [-0.25, -0.2) is 4.79 Å². The number of rotatable bonds is 6. The van der Waals surface area contributed by atoms with E-state index < -0.39 is 11.9 Å². The molecule has 0 saturated carbocycles. The van der Waals surface area contributed by atoms with Crippen LogP contribution in [0, 0.1) is 18.3 Å². The molecule has 2 N–H and O–H groups in total. The molecule has 0 aliphatic carbocycles. The normalized spacial score (nSPS) is 10.9. The van der Waals surface area contributed by atoms with Crippen LogP contribution in [0.4, 0.5) is 11.4 Å². The second-order valence-corrected chi connectivity index (χ2v) is 6.50. The fourth-order valence-corrected chi connectivity index (χ4v) is 2.73. The summed E-state index contributed by atoms with van der Waals surface area (Å²) in [6, 6.07) is 14.3. The summed E-state index contributed by atoms with van der Waals surface area (Å²) in [6.07, 6.45) is 1.38. The van der Waals surface area contributed by atoms with Gasteiger partial charge in [0, 0.05) is 11.9 Å². The molecule has 0 aliphatic heterocycles. The van der Waals surface area contributed by atoms with Crippen molar-refractivity contribution in [2.45, 2.75) is 26.7 Å². The number of benzene rings is 2. The Morgan fingerprint density at radius 3 is 2.50 bits per heavy atom. The number of nitrogens with zero attached hydrogens (tertiary/aromatic N) is 1. The molecule has 0 heterocycles. The first kappa shape index (κ1) is 20.7. The molecular weight excluding hydrogens is 354 g/mol. The second-order valence-electron chi connectivity index (χ2n) is 6.50. The van der Waals surface area contributed by atoms with Crippen molar-refractivity contribution in [3.8, 4) is 6.07 Å². The molecule has 28 heavy (non-hydrogen) atoms. The molecule has 0 saturated heterocycles. The van der Waals surface area contributed by atoms with Crippen LogP contribution in [-0.4, -0.2) is 19.0 Å². The topological polar surface area (TPSA) is 91.2 Å². The van der Waals surface area contributed by atoms with Gasteiger partial charge in [-0.05, 0) is 36.1 Å². The van der Waals surface area contributed by atoms with Gasteiger partial charge in [-0.15, -0.1) is 0 Å². The fourth-order valence-electron chi connectivity index (χ4n) is 2.73. The highest BCUT2D eigenvalue weighted by Crippen LogP contribution is 2.27. The van der Waals surface area contributed by atoms with Gasteiger partial charge < -0.3 is 15.4 Å². The molecule has 2 aromatic carbocycles. The first-order valence-electron chi connectivity index (χ1n) is 8.84. The molecule has 2 rings (SSSR count). The summed E-state index contributed by atoms with van der Waals surface area (Å²) in [6.45, 7) is 6.11. The number of para-hydroxylation sites is 2. The summed E-state index contributed by atoms with van der Waals surface area (Å²) in [4.78, 5) is 24.4. The number of ether oxygens (including phenoxy) is 1. The maximum absolute atomic E-state index is 12.5. The maximum atomic E-state index is 12.5. The minimum absolute atomic E-state index is 0.113. The van der Waals surface area contributed by atoms with Crippen LogP contribution in [0.25, 0.3) is 0 Å². The van der Waals surface area contributed by atoms with Crippen molar-refractivity contribution in [2.75, 3.05) is 17.7 Å². The first-order valence-corrected chi connectivity index (χ1v) is 8.84. The quantitative estimate of drug-likeness (QED) is 0.443. The molecule has 6 heteroatoms. The molecule has 0 radical (unpaired) electrons. The van der Waals surface area contributed by atoms with Gasteiger partial charge in [0.1, 0.15) is 11.6 Å². The number of hydrogen-bond acceptors (Lipinski definition) is 5. The molecule has 0 aliphatic rings. The third kappa shape index (κ3) is 4.77. The third-order valence-corrected chi connectivity index (χ3v) is 4.23. The summed E-state index contributed by atoms with van der Waals surface area (Å²) in [5, 5.41) is 15.1. The van der Waals surface area contributed by atoms with Crippen molar-refractivity contribution < 1.29 is 14.3 Å². The lowest BCUT2D eigenvalue weighted by Gasteiger charge is -2.15. The van der Waals surface area contributed by atoms with Crippen LogP contribution in [0.3, 0.4) is 0 Å². The van der Waals surface area contributed by atoms with Crippen LogP contribution in [0.2, 0.25) is 0 Å². The number of methoxy groups -OCH3 is 1. The van der Waals surface area contributed by atoms with Gasteiger partial charge >= 0.3 is 5.97 Å². The summed E-state index contributed by atoms with van der Waals surface area (Å²) in [7, 11) is 1.26. The summed E-state index contributed by atoms with van der Waals surface area (Å²) >= 11 is 0. The molecule has 6 nitrogen and oxygen atoms in total. The highest BCUT2D eigenvalue weighted by Gasteiger charge is 2.16. The lowest BCUT2D eigenvalue weighted by molar-refractivity contribution is -0.112. The van der Waals surface area contributed by atoms with E-state index in [4.69, 9.17) is 4.74 Å². The second kappa shape index (κ2) is 9.38. The molecule has 144 valence electrons. The Balaban J connectivity index is 2.27. The predicted molar refractivity (Wildman–Crippen MR) is 109 cm³/mol. The Morgan fingerprint density at radius 2 is 1.86 bits per heavy atom. The lowest BCUT2D eigenvalue weighted by atomic mass is 9.98. The van der Waals surface area contributed by atoms with Gasteiger partial charge in [0.25, 0.3) is 5.91 Å². The number of esters is 1. The van der Waals surface area contributed by atoms with Crippen molar-refractivity contribution in [1.29, 1.82) is 5.26 Å². The van der Waals surface area contributed by atoms with Crippen LogP contribution in [0.15, 0.2) is 54.2 Å². The zero-order valence-corrected chi connectivity index (χ0v) is 16.4. The Hall–Kier alpha value is -3.59. The number of nitrogens with one attached hydrogen (secondary N) is 2. The van der Waals surface area contributed by atoms with E-state index in [1.54, 1.807) is 18.2 Å². The van der Waals surface area contributed by atoms with Crippen molar-refractivity contribution in [3.63, 3.8) is 0 Å². The highest BCUT2D eigenvalue weighted by atomic mass is 16.5. The van der Waals surface area contributed by atoms with E-state index in [2.05, 4.69) is 24.5 Å². The summed E-state index contributed by atoms with van der Waals surface area (Å²) in [5.74, 6) is -0.911. The van der Waals surface area contributed by atoms with Crippen LogP contribution in [-0.2, 0) is 9.53 Å². The average molecular weight is 377 g/mol. The Kier molecular flexibility index (Phi) is 6.94. The van der Waals surface area contributed by atoms with Crippen molar-refractivity contribution in [2.24, 2.45) is 0 Å². The number of aryl methyl sites for hydroxylation is 1. The number of amides is 1. The maximum Gasteiger partial charge on any atom is 0.339 e. The smallest absolute Gasteiger partial charge is 0.339 e. The predicted octanol–water partition coefficient (Wildman–Crippen LogP) is 4.36. The molecule has 0 fully saturated rings. The highest BCUT2D eigenvalue weighted by molar-refractivity contribution is 6.09. The van der Waals surface area contributed by atoms with E-state index in [1.807, 2.05) is 31.2 Å². The Labute approximate surface area is 164 Å². The van der Waals surface area contributed by atoms with E-state index in [0.717, 1.165) is 16.8 Å². The first-order chi connectivity index (χ1) is 13.4. The third-order valence-electron chi connectivity index (χ3n) is 4.23. The molecular formula is C22H23N3O3. The van der Waals surface area contributed by atoms with Crippen molar-refractivity contribution >= 4 is 23.3 Å². The molecule has 0 unspecified atom stereocenters. The summed E-state index contributed by atoms with van der Waals surface area (Å²) in [5.41, 5.74) is 3.34. The largest absolute Gasteiger partial charge is 0.465 e. The van der Waals surface area contributed by atoms with Crippen molar-refractivity contribution in [3.05, 3.63) is 70.9 Å². The number of carbonyl (C=O) groups is 2. The van der Waals surface area contributed by atoms with Gasteiger partial charge in [-0.2, -0.15) is 5.26 Å². The number of nitriles is 1. The molecule has 0 spiro atoms. The zero-order valence-electron chi connectivity index (χ0n) is 16.4. The van der Waals surface area contributed by atoms with Gasteiger partial charge in [-0.3, -0.25) is 4.79 Å². The monoisotopic (exact) mass is 377 g/mol. The fraction of sp³-hybridized carbons (Fsp3) is 0.227. The van der Waals surface area contributed by atoms with Crippen LogP contribution in [0.5, 0.6) is 0 Å². The molecule has 0 aromatic heterocycles. The zero-order chi connectivity index (χ0) is 20.7. The SMILES string of the molecule is COC(=O)c1ccccc1NC(=O)/C(C#N)=C\Nc1c(C)cccc1C(C)C. The minimum Gasteiger partial charge on any atom is -0.465 e. The van der Waals surface area contributed by atoms with E-state index >= 15 is 0 Å². The number of anilines is 2. The van der Waals surface area contributed by atoms with E-state index in [-0.39, 0.29) is 22.7 Å². The van der Waals surface area contributed by atoms with Crippen LogP contribution >= 0.6 is 0 Å². The molecule has 0 atom stereocenters. The standard InChI is InChI=1S/C22H23N3O3/c1-14(2)17-10-7-8-15(3)20(17)24-13-16(12-23)21(26)25-19-11-6-5-9-18(19)22(27)28-4/h5-11,13-14,24H,1-4H3,(H,25,26)/b16-13-. The van der Waals surface area contributed by atoms with Crippen LogP contribution in [0.1, 0.15) is 41.3 Å². The Morgan fingerprint density at radius 1 is 1.14 bits per heavy atom. The summed E-state index contributed by atoms with van der Waals surface area (Å²) < 4.78 is 4.72. The molecule has 1 amide bonds. The van der Waals surface area contributed by atoms with E-state index in [1.165, 1.54) is 19.4 Å². The lowest BCUT2D eigenvalue weighted by Crippen LogP contribution is -2.17. The van der Waals surface area contributed by atoms with E-state index in [0.29, 0.717) is 0 Å². The molecule has 0 bridgehead atoms. The molecule has 2 aromatic rings. The minimum atomic E-state index is -0.619. The van der Waals surface area contributed by atoms with Gasteiger partial charge in [0.05, 0.1) is 18.4 Å². The number of hydrogen-bond donors (Lipinski definition) is 2. The van der Waals surface area contributed by atoms with Gasteiger partial charge in [0.15, 0.2) is 0 Å². The Bertz CT molecular complexity index is 956. The van der Waals surface area contributed by atoms with E-state index in [9.17, 15) is 14.9 Å². The average Bonchev–Trinajstić information content (AvgIpc) is 2.69. The van der Waals surface area contributed by atoms with Crippen molar-refractivity contribution in [1.82, 2.24) is 0 Å². The van der Waals surface area contributed by atoms with Gasteiger partial charge in [-0.1, -0.05) is 44.2 Å². The van der Waals surface area contributed by atoms with Crippen LogP contribution < -0.4 is 10.6 Å².